The first kappa shape index (κ1) is 27.2. The molecule has 0 fully saturated rings. The van der Waals surface area contributed by atoms with Crippen molar-refractivity contribution in [3.8, 4) is 0 Å². The Morgan fingerprint density at radius 2 is 1.53 bits per heavy atom. The van der Waals surface area contributed by atoms with Crippen molar-refractivity contribution in [2.75, 3.05) is 22.1 Å². The van der Waals surface area contributed by atoms with Crippen LogP contribution in [0.15, 0.2) is 77.5 Å². The van der Waals surface area contributed by atoms with Crippen LogP contribution in [0.1, 0.15) is 34.1 Å². The summed E-state index contributed by atoms with van der Waals surface area (Å²) in [5.41, 5.74) is 1.19. The van der Waals surface area contributed by atoms with E-state index in [4.69, 9.17) is 39.5 Å². The third-order valence-electron chi connectivity index (χ3n) is 5.32. The number of nitrogens with zero attached hydrogens (tertiary/aromatic N) is 1. The van der Waals surface area contributed by atoms with Crippen molar-refractivity contribution in [3.63, 3.8) is 0 Å². The van der Waals surface area contributed by atoms with Gasteiger partial charge in [0.05, 0.1) is 17.9 Å². The number of amides is 3. The Kier molecular flexibility index (Phi) is 8.36. The summed E-state index contributed by atoms with van der Waals surface area (Å²) in [6.07, 6.45) is 0.654. The van der Waals surface area contributed by atoms with Crippen LogP contribution < -0.4 is 15.5 Å². The van der Waals surface area contributed by atoms with Gasteiger partial charge in [-0.2, -0.15) is 0 Å². The molecule has 2 N–H and O–H groups in total. The Hall–Kier alpha value is -3.85. The number of halogens is 3. The molecule has 1 aliphatic heterocycles. The average Bonchev–Trinajstić information content (AvgIpc) is 3.09. The Morgan fingerprint density at radius 1 is 0.842 bits per heavy atom. The fourth-order valence-electron chi connectivity index (χ4n) is 3.61. The minimum Gasteiger partial charge on any atom is -0.462 e. The van der Waals surface area contributed by atoms with Crippen molar-refractivity contribution < 1.29 is 23.9 Å². The molecule has 3 aromatic rings. The maximum atomic E-state index is 13.2. The minimum atomic E-state index is -0.759. The van der Waals surface area contributed by atoms with Gasteiger partial charge in [0, 0.05) is 27.0 Å². The Bertz CT molecular complexity index is 1470. The molecule has 0 aromatic heterocycles. The first-order valence-corrected chi connectivity index (χ1v) is 12.5. The van der Waals surface area contributed by atoms with Crippen LogP contribution in [0.5, 0.6) is 0 Å². The van der Waals surface area contributed by atoms with E-state index in [1.54, 1.807) is 30.3 Å². The second-order valence-electron chi connectivity index (χ2n) is 8.14. The van der Waals surface area contributed by atoms with Crippen LogP contribution in [0.2, 0.25) is 10.0 Å². The van der Waals surface area contributed by atoms with Gasteiger partial charge in [0.15, 0.2) is 0 Å². The normalized spacial score (nSPS) is 13.1. The average molecular weight is 573 g/mol. The zero-order valence-corrected chi connectivity index (χ0v) is 22.2. The summed E-state index contributed by atoms with van der Waals surface area (Å²) in [4.78, 5) is 51.9. The molecule has 3 aromatic carbocycles. The predicted octanol–water partition coefficient (Wildman–Crippen LogP) is 6.25. The van der Waals surface area contributed by atoms with Crippen molar-refractivity contribution in [2.24, 2.45) is 0 Å². The van der Waals surface area contributed by atoms with Gasteiger partial charge in [0.1, 0.15) is 10.7 Å². The summed E-state index contributed by atoms with van der Waals surface area (Å²) in [5.74, 6) is -2.50. The molecule has 0 spiro atoms. The maximum Gasteiger partial charge on any atom is 0.338 e. The molecule has 0 aliphatic carbocycles. The summed E-state index contributed by atoms with van der Waals surface area (Å²) in [6.45, 7) is 2.11. The van der Waals surface area contributed by atoms with Crippen molar-refractivity contribution in [1.82, 2.24) is 0 Å². The molecule has 8 nitrogen and oxygen atoms in total. The van der Waals surface area contributed by atoms with E-state index in [2.05, 4.69) is 10.6 Å². The summed E-state index contributed by atoms with van der Waals surface area (Å²) >= 11 is 18.2. The largest absolute Gasteiger partial charge is 0.462 e. The van der Waals surface area contributed by atoms with Gasteiger partial charge in [-0.15, -0.1) is 0 Å². The van der Waals surface area contributed by atoms with Crippen LogP contribution in [0.25, 0.3) is 0 Å². The summed E-state index contributed by atoms with van der Waals surface area (Å²) in [7, 11) is 0. The van der Waals surface area contributed by atoms with Gasteiger partial charge in [0.2, 0.25) is 0 Å². The highest BCUT2D eigenvalue weighted by Gasteiger charge is 2.39. The van der Waals surface area contributed by atoms with Gasteiger partial charge in [-0.1, -0.05) is 53.9 Å². The molecule has 4 rings (SSSR count). The molecule has 0 radical (unpaired) electrons. The lowest BCUT2D eigenvalue weighted by atomic mass is 10.1. The van der Waals surface area contributed by atoms with Crippen molar-refractivity contribution in [3.05, 3.63) is 98.6 Å². The molecule has 0 atom stereocenters. The molecule has 1 aliphatic rings. The molecule has 0 unspecified atom stereocenters. The zero-order chi connectivity index (χ0) is 27.4. The predicted molar refractivity (Wildman–Crippen MR) is 147 cm³/mol. The van der Waals surface area contributed by atoms with E-state index in [1.807, 2.05) is 6.92 Å². The Labute approximate surface area is 233 Å². The maximum absolute atomic E-state index is 13.2. The number of carbonyl (C=O) groups is 4. The number of hydrogen-bond acceptors (Lipinski definition) is 6. The third kappa shape index (κ3) is 5.99. The fourth-order valence-corrected chi connectivity index (χ4v) is 4.35. The smallest absolute Gasteiger partial charge is 0.338 e. The van der Waals surface area contributed by atoms with Crippen LogP contribution >= 0.6 is 34.8 Å². The number of ether oxygens (including phenoxy) is 1. The number of anilines is 3. The quantitative estimate of drug-likeness (QED) is 0.244. The van der Waals surface area contributed by atoms with Crippen molar-refractivity contribution in [1.29, 1.82) is 0 Å². The summed E-state index contributed by atoms with van der Waals surface area (Å²) < 4.78 is 5.13. The van der Waals surface area contributed by atoms with E-state index in [0.29, 0.717) is 27.8 Å². The van der Waals surface area contributed by atoms with Gasteiger partial charge < -0.3 is 15.4 Å². The number of nitrogens with one attached hydrogen (secondary N) is 2. The molecule has 3 amide bonds. The van der Waals surface area contributed by atoms with Gasteiger partial charge in [-0.3, -0.25) is 14.4 Å². The number of hydrogen-bond donors (Lipinski definition) is 2. The van der Waals surface area contributed by atoms with Crippen LogP contribution in [0, 0.1) is 0 Å². The highest BCUT2D eigenvalue weighted by molar-refractivity contribution is 6.53. The van der Waals surface area contributed by atoms with E-state index in [9.17, 15) is 19.2 Å². The summed E-state index contributed by atoms with van der Waals surface area (Å²) in [5, 5.41) is 5.93. The van der Waals surface area contributed by atoms with Crippen molar-refractivity contribution in [2.45, 2.75) is 13.3 Å². The molecule has 0 saturated heterocycles. The lowest BCUT2D eigenvalue weighted by molar-refractivity contribution is -0.120. The number of benzene rings is 3. The topological polar surface area (TPSA) is 105 Å². The molecule has 0 bridgehead atoms. The van der Waals surface area contributed by atoms with Gasteiger partial charge in [-0.05, 0) is 61.0 Å². The molecule has 11 heteroatoms. The van der Waals surface area contributed by atoms with Crippen LogP contribution in [0.3, 0.4) is 0 Å². The third-order valence-corrected chi connectivity index (χ3v) is 6.11. The molecule has 0 saturated carbocycles. The monoisotopic (exact) mass is 571 g/mol. The second-order valence-corrected chi connectivity index (χ2v) is 9.39. The minimum absolute atomic E-state index is 0.161. The lowest BCUT2D eigenvalue weighted by Crippen LogP contribution is -2.32. The molecule has 1 heterocycles. The zero-order valence-electron chi connectivity index (χ0n) is 19.9. The van der Waals surface area contributed by atoms with E-state index < -0.39 is 23.7 Å². The number of rotatable bonds is 8. The van der Waals surface area contributed by atoms with Gasteiger partial charge in [0.25, 0.3) is 17.7 Å². The van der Waals surface area contributed by atoms with E-state index in [0.717, 1.165) is 4.90 Å². The highest BCUT2D eigenvalue weighted by Crippen LogP contribution is 2.31. The van der Waals surface area contributed by atoms with E-state index in [-0.39, 0.29) is 34.2 Å². The number of esters is 1. The van der Waals surface area contributed by atoms with Crippen LogP contribution in [0.4, 0.5) is 17.1 Å². The Balaban J connectivity index is 1.52. The first-order valence-electron chi connectivity index (χ1n) is 11.4. The van der Waals surface area contributed by atoms with Gasteiger partial charge in [-0.25, -0.2) is 9.69 Å². The highest BCUT2D eigenvalue weighted by atomic mass is 35.5. The molecule has 38 heavy (non-hydrogen) atoms. The molecular formula is C27H20Cl3N3O5. The standard InChI is InChI=1S/C27H20Cl3N3O5/c1-2-9-38-27(37)16-6-4-8-21(11-16)33-25(35)22(30)23(26(33)36)31-19-7-3-5-15(10-19)24(34)32-20-13-17(28)12-18(29)14-20/h3-8,10-14,31H,2,9H2,1H3,(H,32,34). The molecular weight excluding hydrogens is 553 g/mol. The van der Waals surface area contributed by atoms with Gasteiger partial charge >= 0.3 is 5.97 Å². The van der Waals surface area contributed by atoms with Crippen LogP contribution in [-0.2, 0) is 14.3 Å². The molecule has 194 valence electrons. The second kappa shape index (κ2) is 11.7. The van der Waals surface area contributed by atoms with Crippen molar-refractivity contribution >= 4 is 75.6 Å². The first-order chi connectivity index (χ1) is 18.2. The number of carbonyl (C=O) groups excluding carboxylic acids is 4. The SMILES string of the molecule is CCCOC(=O)c1cccc(N2C(=O)C(Cl)=C(Nc3cccc(C(=O)Nc4cc(Cl)cc(Cl)c4)c3)C2=O)c1. The fraction of sp³-hybridized carbons (Fsp3) is 0.111. The Morgan fingerprint density at radius 3 is 2.24 bits per heavy atom. The number of imide groups is 1. The summed E-state index contributed by atoms with van der Waals surface area (Å²) in [6, 6.07) is 16.8. The van der Waals surface area contributed by atoms with E-state index >= 15 is 0 Å². The lowest BCUT2D eigenvalue weighted by Gasteiger charge is -2.16. The van der Waals surface area contributed by atoms with E-state index in [1.165, 1.54) is 36.4 Å². The van der Waals surface area contributed by atoms with Crippen LogP contribution in [-0.4, -0.2) is 30.3 Å².